The Kier molecular flexibility index (Phi) is 9.43. The molecule has 0 radical (unpaired) electrons. The Hall–Kier alpha value is -0.940. The number of rotatable bonds is 6. The van der Waals surface area contributed by atoms with Crippen LogP contribution in [0, 0.1) is 6.92 Å². The van der Waals surface area contributed by atoms with E-state index in [1.54, 1.807) is 0 Å². The van der Waals surface area contributed by atoms with Gasteiger partial charge < -0.3 is 22.1 Å². The molecule has 0 saturated heterocycles. The van der Waals surface area contributed by atoms with Crippen LogP contribution in [0.3, 0.4) is 0 Å². The molecule has 1 rings (SSSR count). The summed E-state index contributed by atoms with van der Waals surface area (Å²) in [6, 6.07) is 8.41. The molecule has 0 spiro atoms. The normalized spacial score (nSPS) is 13.4. The quantitative estimate of drug-likeness (QED) is 0.570. The van der Waals surface area contributed by atoms with Crippen LogP contribution in [0.5, 0.6) is 0 Å². The van der Waals surface area contributed by atoms with E-state index < -0.39 is 0 Å². The molecular formula is C15H30N4. The fourth-order valence-electron chi connectivity index (χ4n) is 1.49. The van der Waals surface area contributed by atoms with E-state index in [1.807, 2.05) is 21.0 Å². The lowest BCUT2D eigenvalue weighted by molar-refractivity contribution is 0.477. The number of benzene rings is 1. The Bertz CT molecular complexity index is 315. The molecule has 6 N–H and O–H groups in total. The van der Waals surface area contributed by atoms with Crippen molar-refractivity contribution in [3.63, 3.8) is 0 Å². The summed E-state index contributed by atoms with van der Waals surface area (Å²) in [5.74, 6) is 0. The van der Waals surface area contributed by atoms with Gasteiger partial charge in [-0.2, -0.15) is 0 Å². The van der Waals surface area contributed by atoms with E-state index in [0.717, 1.165) is 19.5 Å². The van der Waals surface area contributed by atoms with Crippen molar-refractivity contribution in [2.24, 2.45) is 11.5 Å². The van der Waals surface area contributed by atoms with Crippen molar-refractivity contribution in [2.45, 2.75) is 25.8 Å². The number of nitrogens with two attached hydrogens (primary N) is 2. The molecule has 1 aromatic rings. The Morgan fingerprint density at radius 3 is 1.89 bits per heavy atom. The summed E-state index contributed by atoms with van der Waals surface area (Å²) in [6.45, 7) is 6.68. The van der Waals surface area contributed by atoms with Gasteiger partial charge in [-0.1, -0.05) is 29.8 Å². The fourth-order valence-corrected chi connectivity index (χ4v) is 1.49. The van der Waals surface area contributed by atoms with Crippen molar-refractivity contribution >= 4 is 0 Å². The third-order valence-electron chi connectivity index (χ3n) is 2.82. The van der Waals surface area contributed by atoms with Crippen LogP contribution < -0.4 is 22.1 Å². The second-order valence-corrected chi connectivity index (χ2v) is 5.23. The van der Waals surface area contributed by atoms with Crippen LogP contribution in [-0.2, 0) is 6.42 Å². The van der Waals surface area contributed by atoms with E-state index >= 15 is 0 Å². The van der Waals surface area contributed by atoms with Crippen molar-refractivity contribution in [3.8, 4) is 0 Å². The second-order valence-electron chi connectivity index (χ2n) is 5.23. The lowest BCUT2D eigenvalue weighted by Crippen LogP contribution is -2.45. The molecule has 4 nitrogen and oxygen atoms in total. The lowest BCUT2D eigenvalue weighted by Gasteiger charge is -2.22. The highest BCUT2D eigenvalue weighted by atomic mass is 14.9. The molecule has 0 aliphatic heterocycles. The molecule has 0 heterocycles. The minimum absolute atomic E-state index is 0.282. The van der Waals surface area contributed by atoms with Gasteiger partial charge in [-0.3, -0.25) is 0 Å². The monoisotopic (exact) mass is 266 g/mol. The highest BCUT2D eigenvalue weighted by Crippen LogP contribution is 2.10. The Morgan fingerprint density at radius 1 is 1.05 bits per heavy atom. The highest BCUT2D eigenvalue weighted by molar-refractivity contribution is 5.23. The average molecular weight is 266 g/mol. The Morgan fingerprint density at radius 2 is 1.53 bits per heavy atom. The van der Waals surface area contributed by atoms with Gasteiger partial charge in [0.05, 0.1) is 0 Å². The van der Waals surface area contributed by atoms with Gasteiger partial charge >= 0.3 is 0 Å². The third kappa shape index (κ3) is 9.62. The van der Waals surface area contributed by atoms with Crippen molar-refractivity contribution < 1.29 is 0 Å². The van der Waals surface area contributed by atoms with Crippen LogP contribution in [0.4, 0.5) is 0 Å². The van der Waals surface area contributed by atoms with Crippen LogP contribution in [0.25, 0.3) is 0 Å². The van der Waals surface area contributed by atoms with Crippen LogP contribution >= 0.6 is 0 Å². The van der Waals surface area contributed by atoms with Crippen molar-refractivity contribution in [3.05, 3.63) is 35.4 Å². The van der Waals surface area contributed by atoms with Crippen LogP contribution in [0.1, 0.15) is 18.1 Å². The van der Waals surface area contributed by atoms with Gasteiger partial charge in [0.25, 0.3) is 0 Å². The first-order valence-electron chi connectivity index (χ1n) is 6.79. The molecule has 1 unspecified atom stereocenters. The maximum atomic E-state index is 5.96. The molecule has 19 heavy (non-hydrogen) atoms. The molecular weight excluding hydrogens is 236 g/mol. The van der Waals surface area contributed by atoms with Crippen LogP contribution in [-0.4, -0.2) is 39.3 Å². The first kappa shape index (κ1) is 18.1. The van der Waals surface area contributed by atoms with Gasteiger partial charge in [0.15, 0.2) is 0 Å². The molecule has 4 heteroatoms. The largest absolute Gasteiger partial charge is 0.329 e. The molecule has 0 aliphatic rings. The van der Waals surface area contributed by atoms with E-state index in [0.29, 0.717) is 6.54 Å². The molecule has 0 bridgehead atoms. The molecule has 0 amide bonds. The summed E-state index contributed by atoms with van der Waals surface area (Å²) < 4.78 is 0. The molecule has 0 fully saturated rings. The predicted molar refractivity (Wildman–Crippen MR) is 84.4 cm³/mol. The number of hydrogen-bond acceptors (Lipinski definition) is 4. The van der Waals surface area contributed by atoms with Gasteiger partial charge in [0, 0.05) is 25.2 Å². The van der Waals surface area contributed by atoms with E-state index in [4.69, 9.17) is 11.5 Å². The van der Waals surface area contributed by atoms with Gasteiger partial charge in [-0.05, 0) is 39.9 Å². The summed E-state index contributed by atoms with van der Waals surface area (Å²) in [5, 5.41) is 6.01. The number of likely N-dealkylation sites (N-methyl/N-ethyl adjacent to an activating group) is 2. The molecule has 1 atom stereocenters. The zero-order valence-corrected chi connectivity index (χ0v) is 12.8. The topological polar surface area (TPSA) is 76.1 Å². The minimum atomic E-state index is -0.282. The summed E-state index contributed by atoms with van der Waals surface area (Å²) in [6.07, 6.45) is 0.837. The van der Waals surface area contributed by atoms with E-state index in [1.165, 1.54) is 11.1 Å². The molecule has 0 aromatic heterocycles. The Labute approximate surface area is 118 Å². The Balaban J connectivity index is 0.000000459. The van der Waals surface area contributed by atoms with Crippen LogP contribution in [0.2, 0.25) is 0 Å². The summed E-state index contributed by atoms with van der Waals surface area (Å²) >= 11 is 0. The maximum absolute atomic E-state index is 5.96. The zero-order chi connectivity index (χ0) is 14.7. The first-order valence-corrected chi connectivity index (χ1v) is 6.79. The number of nitrogens with one attached hydrogen (secondary N) is 2. The predicted octanol–water partition coefficient (Wildman–Crippen LogP) is 0.639. The first-order chi connectivity index (χ1) is 8.95. The standard InChI is InChI=1S/C11H18N2.C4H12N2/c1-9-3-5-10(6-4-9)7-11(2,13)8-12;1-5-3-4-6-2/h3-6H,7-8,12-13H2,1-2H3;5-6H,3-4H2,1-2H3. The van der Waals surface area contributed by atoms with E-state index in [-0.39, 0.29) is 5.54 Å². The molecule has 0 aliphatic carbocycles. The maximum Gasteiger partial charge on any atom is 0.0290 e. The lowest BCUT2D eigenvalue weighted by atomic mass is 9.94. The molecule has 1 aromatic carbocycles. The van der Waals surface area contributed by atoms with Gasteiger partial charge in [0.1, 0.15) is 0 Å². The summed E-state index contributed by atoms with van der Waals surface area (Å²) in [4.78, 5) is 0. The van der Waals surface area contributed by atoms with Crippen molar-refractivity contribution in [2.75, 3.05) is 33.7 Å². The molecule has 110 valence electrons. The smallest absolute Gasteiger partial charge is 0.0290 e. The van der Waals surface area contributed by atoms with Gasteiger partial charge in [-0.15, -0.1) is 0 Å². The second kappa shape index (κ2) is 9.92. The average Bonchev–Trinajstić information content (AvgIpc) is 2.39. The SMILES string of the molecule is CNCCNC.Cc1ccc(CC(C)(N)CN)cc1. The van der Waals surface area contributed by atoms with E-state index in [2.05, 4.69) is 41.8 Å². The van der Waals surface area contributed by atoms with Crippen molar-refractivity contribution in [1.29, 1.82) is 0 Å². The minimum Gasteiger partial charge on any atom is -0.329 e. The molecule has 0 saturated carbocycles. The highest BCUT2D eigenvalue weighted by Gasteiger charge is 2.16. The number of aryl methyl sites for hydroxylation is 1. The summed E-state index contributed by atoms with van der Waals surface area (Å²) in [7, 11) is 3.88. The number of hydrogen-bond donors (Lipinski definition) is 4. The van der Waals surface area contributed by atoms with Crippen LogP contribution in [0.15, 0.2) is 24.3 Å². The third-order valence-corrected chi connectivity index (χ3v) is 2.82. The zero-order valence-electron chi connectivity index (χ0n) is 12.8. The van der Waals surface area contributed by atoms with Crippen molar-refractivity contribution in [1.82, 2.24) is 10.6 Å². The fraction of sp³-hybridized carbons (Fsp3) is 0.600. The summed E-state index contributed by atoms with van der Waals surface area (Å²) in [5.41, 5.74) is 13.8. The van der Waals surface area contributed by atoms with E-state index in [9.17, 15) is 0 Å². The van der Waals surface area contributed by atoms with Gasteiger partial charge in [0.2, 0.25) is 0 Å². The van der Waals surface area contributed by atoms with Gasteiger partial charge in [-0.25, -0.2) is 0 Å².